The van der Waals surface area contributed by atoms with Crippen molar-refractivity contribution in [1.82, 2.24) is 29.8 Å². The van der Waals surface area contributed by atoms with E-state index in [0.717, 1.165) is 35.7 Å². The van der Waals surface area contributed by atoms with Crippen LogP contribution >= 0.6 is 0 Å². The summed E-state index contributed by atoms with van der Waals surface area (Å²) < 4.78 is 11.2. The van der Waals surface area contributed by atoms with E-state index in [1.807, 2.05) is 19.3 Å². The first-order chi connectivity index (χ1) is 12.8. The van der Waals surface area contributed by atoms with Gasteiger partial charge < -0.3 is 19.8 Å². The van der Waals surface area contributed by atoms with Gasteiger partial charge in [-0.05, 0) is 11.6 Å². The van der Waals surface area contributed by atoms with Crippen molar-refractivity contribution in [3.63, 3.8) is 0 Å². The van der Waals surface area contributed by atoms with Crippen molar-refractivity contribution in [3.8, 4) is 5.75 Å². The van der Waals surface area contributed by atoms with Gasteiger partial charge >= 0.3 is 0 Å². The van der Waals surface area contributed by atoms with Crippen molar-refractivity contribution < 1.29 is 9.47 Å². The lowest BCUT2D eigenvalue weighted by molar-refractivity contribution is -0.0370. The molecule has 0 saturated carbocycles. The minimum absolute atomic E-state index is 0.199. The Labute approximate surface area is 150 Å². The molecule has 4 rings (SSSR count). The van der Waals surface area contributed by atoms with Gasteiger partial charge in [0.2, 0.25) is 0 Å². The van der Waals surface area contributed by atoms with E-state index < -0.39 is 0 Å². The van der Waals surface area contributed by atoms with Crippen molar-refractivity contribution in [1.29, 1.82) is 0 Å². The lowest BCUT2D eigenvalue weighted by atomic mass is 10.2. The van der Waals surface area contributed by atoms with E-state index in [1.54, 1.807) is 19.6 Å². The third-order valence-electron chi connectivity index (χ3n) is 4.39. The lowest BCUT2D eigenvalue weighted by Crippen LogP contribution is -2.38. The number of nitrogens with zero attached hydrogens (tertiary/aromatic N) is 5. The second kappa shape index (κ2) is 7.22. The van der Waals surface area contributed by atoms with Crippen molar-refractivity contribution in [2.75, 3.05) is 39.2 Å². The maximum atomic E-state index is 5.93. The summed E-state index contributed by atoms with van der Waals surface area (Å²) >= 11 is 0. The molecule has 1 unspecified atom stereocenters. The van der Waals surface area contributed by atoms with Crippen molar-refractivity contribution in [2.24, 2.45) is 0 Å². The number of nitrogens with one attached hydrogen (secondary N) is 2. The van der Waals surface area contributed by atoms with Gasteiger partial charge in [0.25, 0.3) is 0 Å². The summed E-state index contributed by atoms with van der Waals surface area (Å²) in [5.74, 6) is 2.13. The van der Waals surface area contributed by atoms with E-state index >= 15 is 0 Å². The second-order valence-electron chi connectivity index (χ2n) is 6.11. The van der Waals surface area contributed by atoms with Crippen molar-refractivity contribution >= 4 is 17.0 Å². The quantitative estimate of drug-likeness (QED) is 0.708. The van der Waals surface area contributed by atoms with Gasteiger partial charge in [0.15, 0.2) is 17.3 Å². The predicted octanol–water partition coefficient (Wildman–Crippen LogP) is 1.37. The fraction of sp³-hybridized carbons (Fsp3) is 0.412. The average Bonchev–Trinajstić information content (AvgIpc) is 3.16. The molecule has 0 aromatic carbocycles. The molecule has 0 radical (unpaired) electrons. The molecule has 4 heterocycles. The predicted molar refractivity (Wildman–Crippen MR) is 96.0 cm³/mol. The molecule has 1 fully saturated rings. The molecule has 136 valence electrons. The maximum absolute atomic E-state index is 5.93. The Morgan fingerprint density at radius 3 is 3.15 bits per heavy atom. The number of morpholine rings is 1. The molecule has 26 heavy (non-hydrogen) atoms. The number of aromatic amines is 1. The van der Waals surface area contributed by atoms with Gasteiger partial charge in [-0.25, -0.2) is 15.0 Å². The van der Waals surface area contributed by atoms with Gasteiger partial charge in [0.1, 0.15) is 17.4 Å². The highest BCUT2D eigenvalue weighted by Crippen LogP contribution is 2.25. The molecular weight excluding hydrogens is 334 g/mol. The number of ether oxygens (including phenoxy) is 2. The third kappa shape index (κ3) is 3.31. The van der Waals surface area contributed by atoms with Gasteiger partial charge in [0, 0.05) is 32.9 Å². The van der Waals surface area contributed by atoms with Crippen LogP contribution < -0.4 is 10.1 Å². The highest BCUT2D eigenvalue weighted by molar-refractivity contribution is 5.82. The van der Waals surface area contributed by atoms with Crippen LogP contribution in [0.1, 0.15) is 17.5 Å². The average molecular weight is 355 g/mol. The van der Waals surface area contributed by atoms with Gasteiger partial charge in [-0.1, -0.05) is 0 Å². The molecule has 0 aliphatic carbocycles. The summed E-state index contributed by atoms with van der Waals surface area (Å²) in [5, 5.41) is 3.09. The van der Waals surface area contributed by atoms with Crippen LogP contribution in [0.15, 0.2) is 24.8 Å². The van der Waals surface area contributed by atoms with Gasteiger partial charge in [0.05, 0.1) is 26.2 Å². The highest BCUT2D eigenvalue weighted by atomic mass is 16.5. The number of pyridine rings is 1. The number of rotatable bonds is 5. The van der Waals surface area contributed by atoms with E-state index in [9.17, 15) is 0 Å². The van der Waals surface area contributed by atoms with Crippen molar-refractivity contribution in [3.05, 3.63) is 36.2 Å². The fourth-order valence-corrected chi connectivity index (χ4v) is 3.10. The van der Waals surface area contributed by atoms with Crippen LogP contribution in [0.4, 0.5) is 5.82 Å². The summed E-state index contributed by atoms with van der Waals surface area (Å²) in [6, 6.07) is 2.00. The van der Waals surface area contributed by atoms with Crippen LogP contribution in [-0.2, 0) is 11.3 Å². The highest BCUT2D eigenvalue weighted by Gasteiger charge is 2.26. The van der Waals surface area contributed by atoms with Crippen LogP contribution in [0.5, 0.6) is 5.75 Å². The molecule has 1 atom stereocenters. The SMILES string of the molecule is CNc1nc(C2CN(Cc3cncc(OC)c3)CCO2)nc2nc[nH]c12. The Hall–Kier alpha value is -2.78. The number of aromatic nitrogens is 5. The van der Waals surface area contributed by atoms with Crippen LogP contribution in [0.25, 0.3) is 11.2 Å². The summed E-state index contributed by atoms with van der Waals surface area (Å²) in [6.45, 7) is 2.94. The van der Waals surface area contributed by atoms with E-state index in [4.69, 9.17) is 9.47 Å². The first kappa shape index (κ1) is 16.7. The first-order valence-electron chi connectivity index (χ1n) is 8.47. The molecule has 0 spiro atoms. The molecule has 3 aromatic rings. The number of methoxy groups -OCH3 is 1. The normalized spacial score (nSPS) is 18.2. The summed E-state index contributed by atoms with van der Waals surface area (Å²) in [5.41, 5.74) is 2.54. The molecule has 0 bridgehead atoms. The van der Waals surface area contributed by atoms with E-state index in [1.165, 1.54) is 0 Å². The molecule has 2 N–H and O–H groups in total. The molecular formula is C17H21N7O2. The second-order valence-corrected chi connectivity index (χ2v) is 6.11. The molecule has 0 amide bonds. The Bertz CT molecular complexity index is 898. The molecule has 9 heteroatoms. The van der Waals surface area contributed by atoms with Gasteiger partial charge in [-0.2, -0.15) is 0 Å². The van der Waals surface area contributed by atoms with E-state index in [0.29, 0.717) is 24.6 Å². The number of hydrogen-bond donors (Lipinski definition) is 2. The zero-order chi connectivity index (χ0) is 17.9. The van der Waals surface area contributed by atoms with Gasteiger partial charge in [-0.3, -0.25) is 9.88 Å². The third-order valence-corrected chi connectivity index (χ3v) is 4.39. The van der Waals surface area contributed by atoms with E-state index in [-0.39, 0.29) is 6.10 Å². The molecule has 1 aliphatic rings. The minimum atomic E-state index is -0.199. The number of H-pyrrole nitrogens is 1. The monoisotopic (exact) mass is 355 g/mol. The number of fused-ring (bicyclic) bond motifs is 1. The maximum Gasteiger partial charge on any atom is 0.183 e. The number of anilines is 1. The summed E-state index contributed by atoms with van der Waals surface area (Å²) in [6.07, 6.45) is 4.99. The minimum Gasteiger partial charge on any atom is -0.495 e. The first-order valence-corrected chi connectivity index (χ1v) is 8.47. The molecule has 1 aliphatic heterocycles. The largest absolute Gasteiger partial charge is 0.495 e. The van der Waals surface area contributed by atoms with Crippen molar-refractivity contribution in [2.45, 2.75) is 12.6 Å². The lowest BCUT2D eigenvalue weighted by Gasteiger charge is -2.32. The zero-order valence-corrected chi connectivity index (χ0v) is 14.8. The summed E-state index contributed by atoms with van der Waals surface area (Å²) in [7, 11) is 3.48. The number of hydrogen-bond acceptors (Lipinski definition) is 8. The van der Waals surface area contributed by atoms with Crippen LogP contribution in [0, 0.1) is 0 Å². The molecule has 3 aromatic heterocycles. The fourth-order valence-electron chi connectivity index (χ4n) is 3.10. The Morgan fingerprint density at radius 1 is 1.38 bits per heavy atom. The smallest absolute Gasteiger partial charge is 0.183 e. The molecule has 9 nitrogen and oxygen atoms in total. The van der Waals surface area contributed by atoms with Crippen LogP contribution in [0.2, 0.25) is 0 Å². The molecule has 1 saturated heterocycles. The Balaban J connectivity index is 1.53. The van der Waals surface area contributed by atoms with Gasteiger partial charge in [-0.15, -0.1) is 0 Å². The number of imidazole rings is 1. The van der Waals surface area contributed by atoms with Crippen LogP contribution in [0.3, 0.4) is 0 Å². The standard InChI is InChI=1S/C17H21N7O2/c1-18-16-14-17(21-10-20-14)23-15(22-16)13-9-24(3-4-26-13)8-11-5-12(25-2)7-19-6-11/h5-7,10,13H,3-4,8-9H2,1-2H3,(H2,18,20,21,22,23). The topological polar surface area (TPSA) is 101 Å². The zero-order valence-electron chi connectivity index (χ0n) is 14.8. The van der Waals surface area contributed by atoms with Crippen LogP contribution in [-0.4, -0.2) is 63.7 Å². The summed E-state index contributed by atoms with van der Waals surface area (Å²) in [4.78, 5) is 23.0. The Morgan fingerprint density at radius 2 is 2.31 bits per heavy atom. The Kier molecular flexibility index (Phi) is 4.63. The van der Waals surface area contributed by atoms with E-state index in [2.05, 4.69) is 35.1 Å².